The van der Waals surface area contributed by atoms with Gasteiger partial charge in [0.1, 0.15) is 0 Å². The number of carboxylic acid groups (broad SMARTS) is 1. The van der Waals surface area contributed by atoms with E-state index in [1.807, 2.05) is 0 Å². The molecule has 1 amide bonds. The SMILES string of the molecule is CC(O)[C@H]1[C@@H]2CN(C(=O)O)C[C@@H]21. The molecule has 1 aliphatic carbocycles. The van der Waals surface area contributed by atoms with Crippen LogP contribution in [0, 0.1) is 17.8 Å². The van der Waals surface area contributed by atoms with E-state index in [2.05, 4.69) is 0 Å². The van der Waals surface area contributed by atoms with Gasteiger partial charge in [-0.2, -0.15) is 0 Å². The van der Waals surface area contributed by atoms with Gasteiger partial charge in [-0.1, -0.05) is 0 Å². The molecule has 12 heavy (non-hydrogen) atoms. The molecule has 4 atom stereocenters. The van der Waals surface area contributed by atoms with Gasteiger partial charge >= 0.3 is 6.09 Å². The zero-order valence-electron chi connectivity index (χ0n) is 6.97. The van der Waals surface area contributed by atoms with Crippen LogP contribution in [0.15, 0.2) is 0 Å². The largest absolute Gasteiger partial charge is 0.465 e. The third kappa shape index (κ3) is 0.982. The van der Waals surface area contributed by atoms with Gasteiger partial charge in [0.2, 0.25) is 0 Å². The van der Waals surface area contributed by atoms with Gasteiger partial charge in [-0.05, 0) is 24.7 Å². The predicted molar refractivity (Wildman–Crippen MR) is 41.7 cm³/mol. The molecule has 1 aliphatic heterocycles. The molecule has 2 fully saturated rings. The van der Waals surface area contributed by atoms with Gasteiger partial charge in [-0.15, -0.1) is 0 Å². The zero-order valence-corrected chi connectivity index (χ0v) is 6.97. The summed E-state index contributed by atoms with van der Waals surface area (Å²) in [5.41, 5.74) is 0. The van der Waals surface area contributed by atoms with E-state index in [9.17, 15) is 9.90 Å². The molecule has 0 aromatic carbocycles. The summed E-state index contributed by atoms with van der Waals surface area (Å²) >= 11 is 0. The van der Waals surface area contributed by atoms with Gasteiger partial charge in [0, 0.05) is 13.1 Å². The lowest BCUT2D eigenvalue weighted by Gasteiger charge is -2.16. The second kappa shape index (κ2) is 2.36. The first-order valence-corrected chi connectivity index (χ1v) is 4.27. The maximum absolute atomic E-state index is 10.5. The normalized spacial score (nSPS) is 40.8. The first kappa shape index (κ1) is 7.86. The first-order valence-electron chi connectivity index (χ1n) is 4.27. The van der Waals surface area contributed by atoms with Crippen molar-refractivity contribution in [2.24, 2.45) is 17.8 Å². The summed E-state index contributed by atoms with van der Waals surface area (Å²) in [6, 6.07) is 0. The molecule has 0 aromatic heterocycles. The maximum atomic E-state index is 10.5. The Morgan fingerprint density at radius 3 is 2.33 bits per heavy atom. The number of carbonyl (C=O) groups is 1. The number of likely N-dealkylation sites (tertiary alicyclic amines) is 1. The number of aliphatic hydroxyl groups is 1. The second-order valence-corrected chi connectivity index (χ2v) is 3.83. The minimum atomic E-state index is -0.827. The fourth-order valence-corrected chi connectivity index (χ4v) is 2.44. The van der Waals surface area contributed by atoms with Gasteiger partial charge in [-0.25, -0.2) is 4.79 Å². The Balaban J connectivity index is 1.90. The highest BCUT2D eigenvalue weighted by Gasteiger charge is 2.58. The smallest absolute Gasteiger partial charge is 0.407 e. The van der Waals surface area contributed by atoms with Crippen molar-refractivity contribution >= 4 is 6.09 Å². The molecule has 4 nitrogen and oxygen atoms in total. The van der Waals surface area contributed by atoms with E-state index in [-0.39, 0.29) is 6.10 Å². The molecule has 0 aromatic rings. The predicted octanol–water partition coefficient (Wildman–Crippen LogP) is 0.223. The van der Waals surface area contributed by atoms with Crippen molar-refractivity contribution in [3.05, 3.63) is 0 Å². The van der Waals surface area contributed by atoms with Crippen LogP contribution in [0.5, 0.6) is 0 Å². The molecule has 0 radical (unpaired) electrons. The van der Waals surface area contributed by atoms with Crippen LogP contribution in [-0.4, -0.2) is 40.4 Å². The quantitative estimate of drug-likeness (QED) is 0.593. The van der Waals surface area contributed by atoms with Gasteiger partial charge in [0.05, 0.1) is 6.10 Å². The minimum absolute atomic E-state index is 0.268. The average Bonchev–Trinajstić information content (AvgIpc) is 2.48. The minimum Gasteiger partial charge on any atom is -0.465 e. The molecule has 0 bridgehead atoms. The van der Waals surface area contributed by atoms with Crippen molar-refractivity contribution in [1.29, 1.82) is 0 Å². The number of nitrogens with zero attached hydrogens (tertiary/aromatic N) is 1. The highest BCUT2D eigenvalue weighted by molar-refractivity contribution is 5.65. The number of hydrogen-bond donors (Lipinski definition) is 2. The molecule has 2 rings (SSSR count). The van der Waals surface area contributed by atoms with E-state index >= 15 is 0 Å². The topological polar surface area (TPSA) is 60.8 Å². The molecule has 0 spiro atoms. The maximum Gasteiger partial charge on any atom is 0.407 e. The summed E-state index contributed by atoms with van der Waals surface area (Å²) in [4.78, 5) is 11.9. The Bertz CT molecular complexity index is 204. The summed E-state index contributed by atoms with van der Waals surface area (Å²) in [7, 11) is 0. The summed E-state index contributed by atoms with van der Waals surface area (Å²) in [5, 5.41) is 17.9. The van der Waals surface area contributed by atoms with Crippen LogP contribution in [0.3, 0.4) is 0 Å². The van der Waals surface area contributed by atoms with Crippen molar-refractivity contribution in [2.45, 2.75) is 13.0 Å². The lowest BCUT2D eigenvalue weighted by atomic mass is 10.2. The zero-order chi connectivity index (χ0) is 8.88. The highest BCUT2D eigenvalue weighted by atomic mass is 16.4. The molecule has 1 heterocycles. The molecule has 68 valence electrons. The number of piperidine rings is 1. The number of aliphatic hydroxyl groups excluding tert-OH is 1. The molecule has 2 aliphatic rings. The molecule has 2 N–H and O–H groups in total. The standard InChI is InChI=1S/C8H13NO3/c1-4(10)7-5-2-9(8(11)12)3-6(5)7/h4-7,10H,2-3H2,1H3,(H,11,12)/t4?,5-,6+,7+. The number of amides is 1. The van der Waals surface area contributed by atoms with Crippen molar-refractivity contribution in [1.82, 2.24) is 4.90 Å². The Hall–Kier alpha value is -0.770. The van der Waals surface area contributed by atoms with E-state index in [1.54, 1.807) is 6.92 Å². The third-order valence-electron chi connectivity index (χ3n) is 3.09. The van der Waals surface area contributed by atoms with Gasteiger partial charge in [0.25, 0.3) is 0 Å². The van der Waals surface area contributed by atoms with Gasteiger partial charge < -0.3 is 15.1 Å². The number of rotatable bonds is 1. The number of hydrogen-bond acceptors (Lipinski definition) is 2. The Kier molecular flexibility index (Phi) is 1.54. The van der Waals surface area contributed by atoms with Crippen LogP contribution >= 0.6 is 0 Å². The van der Waals surface area contributed by atoms with Crippen molar-refractivity contribution in [3.63, 3.8) is 0 Å². The average molecular weight is 171 g/mol. The molecule has 1 saturated heterocycles. The summed E-state index contributed by atoms with van der Waals surface area (Å²) in [6.07, 6.45) is -1.09. The lowest BCUT2D eigenvalue weighted by molar-refractivity contribution is 0.124. The van der Waals surface area contributed by atoms with Crippen LogP contribution in [0.25, 0.3) is 0 Å². The Morgan fingerprint density at radius 2 is 2.00 bits per heavy atom. The summed E-state index contributed by atoms with van der Waals surface area (Å²) in [6.45, 7) is 3.03. The van der Waals surface area contributed by atoms with Crippen LogP contribution in [0.1, 0.15) is 6.92 Å². The van der Waals surface area contributed by atoms with E-state index in [0.717, 1.165) is 0 Å². The molecular formula is C8H13NO3. The molecule has 1 saturated carbocycles. The monoisotopic (exact) mass is 171 g/mol. The molecule has 4 heteroatoms. The van der Waals surface area contributed by atoms with Crippen molar-refractivity contribution < 1.29 is 15.0 Å². The van der Waals surface area contributed by atoms with Crippen molar-refractivity contribution in [2.75, 3.05) is 13.1 Å². The second-order valence-electron chi connectivity index (χ2n) is 3.83. The van der Waals surface area contributed by atoms with Crippen LogP contribution in [-0.2, 0) is 0 Å². The van der Waals surface area contributed by atoms with E-state index in [0.29, 0.717) is 30.8 Å². The van der Waals surface area contributed by atoms with E-state index in [1.165, 1.54) is 4.90 Å². The summed E-state index contributed by atoms with van der Waals surface area (Å²) in [5.74, 6) is 1.22. The first-order chi connectivity index (χ1) is 5.61. The summed E-state index contributed by atoms with van der Waals surface area (Å²) < 4.78 is 0. The van der Waals surface area contributed by atoms with Crippen LogP contribution < -0.4 is 0 Å². The Labute approximate surface area is 70.8 Å². The van der Waals surface area contributed by atoms with Crippen LogP contribution in [0.4, 0.5) is 4.79 Å². The van der Waals surface area contributed by atoms with E-state index < -0.39 is 6.09 Å². The fourth-order valence-electron chi connectivity index (χ4n) is 2.44. The molecular weight excluding hydrogens is 158 g/mol. The lowest BCUT2D eigenvalue weighted by Crippen LogP contribution is -2.31. The van der Waals surface area contributed by atoms with Crippen molar-refractivity contribution in [3.8, 4) is 0 Å². The number of fused-ring (bicyclic) bond motifs is 1. The van der Waals surface area contributed by atoms with Gasteiger partial charge in [-0.3, -0.25) is 0 Å². The Morgan fingerprint density at radius 1 is 1.50 bits per heavy atom. The fraction of sp³-hybridized carbons (Fsp3) is 0.875. The van der Waals surface area contributed by atoms with Crippen LogP contribution in [0.2, 0.25) is 0 Å². The highest BCUT2D eigenvalue weighted by Crippen LogP contribution is 2.53. The third-order valence-corrected chi connectivity index (χ3v) is 3.09. The van der Waals surface area contributed by atoms with Gasteiger partial charge in [0.15, 0.2) is 0 Å². The van der Waals surface area contributed by atoms with E-state index in [4.69, 9.17) is 5.11 Å². The molecule has 1 unspecified atom stereocenters.